The average molecular weight is 294 g/mol. The number of nitrogens with one attached hydrogen (secondary N) is 2. The molecular formula is C18H34N2O. The normalized spacial score (nSPS) is 40.4. The molecule has 122 valence electrons. The average Bonchev–Trinajstić information content (AvgIpc) is 3.10. The van der Waals surface area contributed by atoms with E-state index in [9.17, 15) is 5.21 Å². The third kappa shape index (κ3) is 3.80. The maximum Gasteiger partial charge on any atom is 0.0773 e. The molecule has 0 amide bonds. The van der Waals surface area contributed by atoms with E-state index in [0.717, 1.165) is 43.3 Å². The van der Waals surface area contributed by atoms with Crippen LogP contribution in [0.2, 0.25) is 0 Å². The molecule has 3 rings (SSSR count). The lowest BCUT2D eigenvalue weighted by molar-refractivity contribution is -0.847. The van der Waals surface area contributed by atoms with Crippen molar-refractivity contribution in [2.45, 2.75) is 71.3 Å². The SMILES string of the molecule is CC[NH+]([O-])CCC1(C)CCC2C(CCNC3CCC3)C2C1. The van der Waals surface area contributed by atoms with Gasteiger partial charge in [-0.2, -0.15) is 0 Å². The Labute approximate surface area is 130 Å². The molecule has 3 aliphatic rings. The Hall–Kier alpha value is -0.120. The Morgan fingerprint density at radius 2 is 2.05 bits per heavy atom. The predicted octanol–water partition coefficient (Wildman–Crippen LogP) is 2.36. The van der Waals surface area contributed by atoms with Gasteiger partial charge in [0.1, 0.15) is 0 Å². The predicted molar refractivity (Wildman–Crippen MR) is 87.0 cm³/mol. The van der Waals surface area contributed by atoms with E-state index in [1.165, 1.54) is 51.5 Å². The first-order valence-corrected chi connectivity index (χ1v) is 9.36. The summed E-state index contributed by atoms with van der Waals surface area (Å²) < 4.78 is 0. The van der Waals surface area contributed by atoms with Crippen LogP contribution in [0.25, 0.3) is 0 Å². The first kappa shape index (κ1) is 15.8. The van der Waals surface area contributed by atoms with Gasteiger partial charge in [0.2, 0.25) is 0 Å². The Morgan fingerprint density at radius 3 is 2.71 bits per heavy atom. The van der Waals surface area contributed by atoms with E-state index in [1.807, 2.05) is 6.92 Å². The highest BCUT2D eigenvalue weighted by Crippen LogP contribution is 2.62. The summed E-state index contributed by atoms with van der Waals surface area (Å²) in [5.74, 6) is 3.02. The Balaban J connectivity index is 1.37. The summed E-state index contributed by atoms with van der Waals surface area (Å²) in [5.41, 5.74) is 0.460. The van der Waals surface area contributed by atoms with Gasteiger partial charge in [-0.15, -0.1) is 0 Å². The maximum atomic E-state index is 11.6. The van der Waals surface area contributed by atoms with Crippen LogP contribution in [0.1, 0.15) is 65.2 Å². The number of hydrogen-bond donors (Lipinski definition) is 2. The van der Waals surface area contributed by atoms with Gasteiger partial charge >= 0.3 is 0 Å². The summed E-state index contributed by atoms with van der Waals surface area (Å²) in [6, 6.07) is 0.844. The number of quaternary nitrogens is 1. The van der Waals surface area contributed by atoms with Gasteiger partial charge < -0.3 is 15.6 Å². The van der Waals surface area contributed by atoms with Crippen LogP contribution in [0.4, 0.5) is 0 Å². The summed E-state index contributed by atoms with van der Waals surface area (Å²) in [5, 5.41) is 15.8. The second-order valence-corrected chi connectivity index (χ2v) is 8.31. The van der Waals surface area contributed by atoms with E-state index in [4.69, 9.17) is 0 Å². The Kier molecular flexibility index (Phi) is 4.92. The van der Waals surface area contributed by atoms with Crippen LogP contribution in [-0.2, 0) is 0 Å². The van der Waals surface area contributed by atoms with Crippen molar-refractivity contribution in [3.05, 3.63) is 5.21 Å². The molecule has 0 bridgehead atoms. The topological polar surface area (TPSA) is 39.5 Å². The monoisotopic (exact) mass is 294 g/mol. The van der Waals surface area contributed by atoms with Crippen molar-refractivity contribution in [1.29, 1.82) is 0 Å². The van der Waals surface area contributed by atoms with Crippen LogP contribution in [-0.4, -0.2) is 25.7 Å². The molecule has 2 N–H and O–H groups in total. The summed E-state index contributed by atoms with van der Waals surface area (Å²) in [6.45, 7) is 7.21. The number of fused-ring (bicyclic) bond motifs is 1. The molecule has 3 saturated carbocycles. The lowest BCUT2D eigenvalue weighted by Gasteiger charge is -2.35. The molecule has 0 aromatic carbocycles. The minimum Gasteiger partial charge on any atom is -0.634 e. The van der Waals surface area contributed by atoms with E-state index < -0.39 is 0 Å². The van der Waals surface area contributed by atoms with Crippen LogP contribution in [0.3, 0.4) is 0 Å². The summed E-state index contributed by atoms with van der Waals surface area (Å²) in [6.07, 6.45) is 10.9. The molecule has 3 heteroatoms. The van der Waals surface area contributed by atoms with Crippen LogP contribution < -0.4 is 10.4 Å². The minimum absolute atomic E-state index is 0.454. The molecule has 0 aromatic rings. The smallest absolute Gasteiger partial charge is 0.0773 e. The highest BCUT2D eigenvalue weighted by molar-refractivity contribution is 5.04. The number of hydroxylamine groups is 2. The molecule has 0 aromatic heterocycles. The van der Waals surface area contributed by atoms with Crippen LogP contribution in [0.15, 0.2) is 0 Å². The molecule has 21 heavy (non-hydrogen) atoms. The van der Waals surface area contributed by atoms with E-state index in [2.05, 4.69) is 12.2 Å². The van der Waals surface area contributed by atoms with Gasteiger partial charge in [0.15, 0.2) is 0 Å². The Bertz CT molecular complexity index is 344. The highest BCUT2D eigenvalue weighted by atomic mass is 16.5. The van der Waals surface area contributed by atoms with Gasteiger partial charge in [0, 0.05) is 12.5 Å². The van der Waals surface area contributed by atoms with Crippen molar-refractivity contribution in [3.63, 3.8) is 0 Å². The van der Waals surface area contributed by atoms with Crippen molar-refractivity contribution < 1.29 is 5.06 Å². The second kappa shape index (κ2) is 6.55. The molecule has 3 aliphatic carbocycles. The molecule has 0 spiro atoms. The summed E-state index contributed by atoms with van der Waals surface area (Å²) in [7, 11) is 0. The number of rotatable bonds is 8. The van der Waals surface area contributed by atoms with E-state index >= 15 is 0 Å². The second-order valence-electron chi connectivity index (χ2n) is 8.31. The minimum atomic E-state index is 0.454. The molecule has 0 radical (unpaired) electrons. The van der Waals surface area contributed by atoms with Crippen LogP contribution in [0, 0.1) is 28.4 Å². The molecule has 0 heterocycles. The zero-order valence-electron chi connectivity index (χ0n) is 14.0. The van der Waals surface area contributed by atoms with Gasteiger partial charge in [0.05, 0.1) is 13.1 Å². The van der Waals surface area contributed by atoms with Crippen molar-refractivity contribution >= 4 is 0 Å². The molecule has 3 fully saturated rings. The maximum absolute atomic E-state index is 11.6. The first-order chi connectivity index (χ1) is 10.1. The van der Waals surface area contributed by atoms with Gasteiger partial charge in [-0.1, -0.05) is 13.3 Å². The third-order valence-corrected chi connectivity index (χ3v) is 6.74. The molecule has 0 aliphatic heterocycles. The summed E-state index contributed by atoms with van der Waals surface area (Å²) in [4.78, 5) is 0. The molecule has 5 atom stereocenters. The van der Waals surface area contributed by atoms with E-state index in [1.54, 1.807) is 0 Å². The molecule has 5 unspecified atom stereocenters. The van der Waals surface area contributed by atoms with E-state index in [0.29, 0.717) is 10.5 Å². The fourth-order valence-electron chi connectivity index (χ4n) is 4.78. The van der Waals surface area contributed by atoms with Gasteiger partial charge in [-0.3, -0.25) is 0 Å². The quantitative estimate of drug-likeness (QED) is 0.675. The van der Waals surface area contributed by atoms with Crippen molar-refractivity contribution in [1.82, 2.24) is 5.32 Å². The molecule has 3 nitrogen and oxygen atoms in total. The van der Waals surface area contributed by atoms with Crippen molar-refractivity contribution in [3.8, 4) is 0 Å². The third-order valence-electron chi connectivity index (χ3n) is 6.74. The van der Waals surface area contributed by atoms with Crippen molar-refractivity contribution in [2.24, 2.45) is 23.2 Å². The fourth-order valence-corrected chi connectivity index (χ4v) is 4.78. The summed E-state index contributed by atoms with van der Waals surface area (Å²) >= 11 is 0. The molecule has 0 saturated heterocycles. The van der Waals surface area contributed by atoms with Gasteiger partial charge in [-0.05, 0) is 75.2 Å². The van der Waals surface area contributed by atoms with Crippen molar-refractivity contribution in [2.75, 3.05) is 19.6 Å². The Morgan fingerprint density at radius 1 is 1.24 bits per heavy atom. The lowest BCUT2D eigenvalue weighted by atomic mass is 9.73. The molecular weight excluding hydrogens is 260 g/mol. The fraction of sp³-hybridized carbons (Fsp3) is 1.00. The zero-order chi connectivity index (χ0) is 14.9. The largest absolute Gasteiger partial charge is 0.634 e. The standard InChI is InChI=1S/C18H34N2O/c1-3-20(21)12-10-18(2)9-7-15-16(17(15)13-18)8-11-19-14-5-4-6-14/h14-17,19-20H,3-13H2,1-2H3. The van der Waals surface area contributed by atoms with Crippen LogP contribution >= 0.6 is 0 Å². The number of hydrogen-bond acceptors (Lipinski definition) is 2. The highest BCUT2D eigenvalue weighted by Gasteiger charge is 2.54. The first-order valence-electron chi connectivity index (χ1n) is 9.36. The van der Waals surface area contributed by atoms with Gasteiger partial charge in [0.25, 0.3) is 0 Å². The van der Waals surface area contributed by atoms with Crippen LogP contribution in [0.5, 0.6) is 0 Å². The van der Waals surface area contributed by atoms with Gasteiger partial charge in [-0.25, -0.2) is 0 Å². The van der Waals surface area contributed by atoms with E-state index in [-0.39, 0.29) is 0 Å². The lowest BCUT2D eigenvalue weighted by Crippen LogP contribution is -3.06. The zero-order valence-corrected chi connectivity index (χ0v) is 14.0.